The van der Waals surface area contributed by atoms with E-state index in [1.807, 2.05) is 0 Å². The Morgan fingerprint density at radius 1 is 1.13 bits per heavy atom. The molecule has 6 atom stereocenters. The zero-order valence-electron chi connectivity index (χ0n) is 14.1. The Labute approximate surface area is 135 Å². The molecular formula is C16H26F3N3O. The quantitative estimate of drug-likeness (QED) is 0.422. The SMILES string of the molecule is CC(C)C1C2CC(CC(O)(N=[N+]=[N-])C(F)(F)F)C(C2)C1C(C)C. The van der Waals surface area contributed by atoms with E-state index in [9.17, 15) is 18.3 Å². The molecule has 0 spiro atoms. The third kappa shape index (κ3) is 3.18. The van der Waals surface area contributed by atoms with Gasteiger partial charge in [0.15, 0.2) is 0 Å². The van der Waals surface area contributed by atoms with Crippen molar-refractivity contribution in [3.8, 4) is 0 Å². The number of aliphatic hydroxyl groups is 1. The van der Waals surface area contributed by atoms with E-state index in [4.69, 9.17) is 5.53 Å². The van der Waals surface area contributed by atoms with Crippen LogP contribution >= 0.6 is 0 Å². The van der Waals surface area contributed by atoms with Crippen LogP contribution in [0.25, 0.3) is 10.4 Å². The Kier molecular flexibility index (Phi) is 4.94. The third-order valence-electron chi connectivity index (χ3n) is 6.02. The second-order valence-corrected chi connectivity index (χ2v) is 8.01. The summed E-state index contributed by atoms with van der Waals surface area (Å²) in [5.74, 6) is 2.18. The van der Waals surface area contributed by atoms with Crippen LogP contribution in [0, 0.1) is 41.4 Å². The fourth-order valence-corrected chi connectivity index (χ4v) is 5.40. The molecule has 7 heteroatoms. The molecule has 2 fully saturated rings. The van der Waals surface area contributed by atoms with E-state index in [-0.39, 0.29) is 11.8 Å². The molecule has 2 saturated carbocycles. The van der Waals surface area contributed by atoms with Crippen LogP contribution in [0.15, 0.2) is 5.11 Å². The van der Waals surface area contributed by atoms with Crippen LogP contribution in [0.1, 0.15) is 47.0 Å². The standard InChI is InChI=1S/C16H26F3N3O/c1-8(2)13-10-5-11(12(6-10)14(13)9(3)4)7-15(23,21-22-20)16(17,18)19/h8-14,23H,5-7H2,1-4H3. The lowest BCUT2D eigenvalue weighted by Crippen LogP contribution is -2.46. The summed E-state index contributed by atoms with van der Waals surface area (Å²) in [5, 5.41) is 12.6. The number of hydrogen-bond acceptors (Lipinski definition) is 2. The molecule has 0 heterocycles. The molecule has 1 N–H and O–H groups in total. The number of halogens is 3. The smallest absolute Gasteiger partial charge is 0.376 e. The van der Waals surface area contributed by atoms with Gasteiger partial charge in [-0.05, 0) is 71.3 Å². The summed E-state index contributed by atoms with van der Waals surface area (Å²) in [4.78, 5) is 2.23. The van der Waals surface area contributed by atoms with E-state index in [1.54, 1.807) is 0 Å². The number of azide groups is 1. The van der Waals surface area contributed by atoms with Crippen LogP contribution in [0.3, 0.4) is 0 Å². The van der Waals surface area contributed by atoms with Crippen molar-refractivity contribution in [3.63, 3.8) is 0 Å². The first kappa shape index (κ1) is 18.4. The highest BCUT2D eigenvalue weighted by Gasteiger charge is 2.60. The van der Waals surface area contributed by atoms with Gasteiger partial charge in [-0.2, -0.15) is 13.2 Å². The molecule has 0 aromatic heterocycles. The van der Waals surface area contributed by atoms with E-state index in [1.165, 1.54) is 0 Å². The first-order chi connectivity index (χ1) is 10.5. The highest BCUT2D eigenvalue weighted by atomic mass is 19.4. The number of alkyl halides is 3. The largest absolute Gasteiger partial charge is 0.423 e. The molecule has 0 aromatic carbocycles. The third-order valence-corrected chi connectivity index (χ3v) is 6.02. The van der Waals surface area contributed by atoms with E-state index >= 15 is 0 Å². The lowest BCUT2D eigenvalue weighted by molar-refractivity contribution is -0.265. The fraction of sp³-hybridized carbons (Fsp3) is 1.00. The zero-order chi connectivity index (χ0) is 17.6. The molecule has 2 aliphatic carbocycles. The first-order valence-electron chi connectivity index (χ1n) is 8.37. The minimum Gasteiger partial charge on any atom is -0.376 e. The van der Waals surface area contributed by atoms with Gasteiger partial charge in [-0.15, -0.1) is 0 Å². The summed E-state index contributed by atoms with van der Waals surface area (Å²) in [5.41, 5.74) is 5.14. The van der Waals surface area contributed by atoms with Crippen molar-refractivity contribution < 1.29 is 18.3 Å². The van der Waals surface area contributed by atoms with Crippen molar-refractivity contribution >= 4 is 0 Å². The Morgan fingerprint density at radius 2 is 1.70 bits per heavy atom. The minimum absolute atomic E-state index is 0.176. The van der Waals surface area contributed by atoms with E-state index in [0.717, 1.165) is 6.42 Å². The van der Waals surface area contributed by atoms with Gasteiger partial charge in [0, 0.05) is 4.91 Å². The predicted octanol–water partition coefficient (Wildman–Crippen LogP) is 5.14. The molecule has 0 aliphatic heterocycles. The van der Waals surface area contributed by atoms with Gasteiger partial charge in [0.05, 0.1) is 0 Å². The Bertz CT molecular complexity index is 487. The molecule has 0 aromatic rings. The summed E-state index contributed by atoms with van der Waals surface area (Å²) in [6.07, 6.45) is -3.84. The van der Waals surface area contributed by atoms with Gasteiger partial charge in [-0.25, -0.2) is 0 Å². The average Bonchev–Trinajstić information content (AvgIpc) is 2.94. The second kappa shape index (κ2) is 6.17. The van der Waals surface area contributed by atoms with E-state index < -0.39 is 18.3 Å². The maximum absolute atomic E-state index is 13.1. The van der Waals surface area contributed by atoms with Gasteiger partial charge in [-0.3, -0.25) is 0 Å². The van der Waals surface area contributed by atoms with Crippen molar-refractivity contribution in [1.29, 1.82) is 0 Å². The van der Waals surface area contributed by atoms with Crippen LogP contribution in [0.5, 0.6) is 0 Å². The summed E-state index contributed by atoms with van der Waals surface area (Å²) in [6, 6.07) is 0. The van der Waals surface area contributed by atoms with Crippen molar-refractivity contribution in [2.24, 2.45) is 46.5 Å². The molecule has 6 unspecified atom stereocenters. The normalized spacial score (nSPS) is 36.3. The fourth-order valence-electron chi connectivity index (χ4n) is 5.40. The van der Waals surface area contributed by atoms with Crippen LogP contribution in [0.2, 0.25) is 0 Å². The maximum Gasteiger partial charge on any atom is 0.423 e. The van der Waals surface area contributed by atoms with Crippen molar-refractivity contribution in [1.82, 2.24) is 0 Å². The summed E-state index contributed by atoms with van der Waals surface area (Å²) >= 11 is 0. The van der Waals surface area contributed by atoms with E-state index in [2.05, 4.69) is 37.7 Å². The van der Waals surface area contributed by atoms with Crippen molar-refractivity contribution in [2.75, 3.05) is 0 Å². The van der Waals surface area contributed by atoms with Crippen LogP contribution < -0.4 is 0 Å². The molecule has 2 aliphatic rings. The van der Waals surface area contributed by atoms with Crippen LogP contribution in [-0.2, 0) is 0 Å². The molecule has 2 rings (SSSR count). The molecule has 132 valence electrons. The van der Waals surface area contributed by atoms with Gasteiger partial charge in [-0.1, -0.05) is 27.7 Å². The average molecular weight is 333 g/mol. The molecule has 2 bridgehead atoms. The maximum atomic E-state index is 13.1. The lowest BCUT2D eigenvalue weighted by atomic mass is 9.64. The van der Waals surface area contributed by atoms with Gasteiger partial charge in [0.2, 0.25) is 5.72 Å². The minimum atomic E-state index is -4.94. The van der Waals surface area contributed by atoms with Gasteiger partial charge >= 0.3 is 6.18 Å². The van der Waals surface area contributed by atoms with Crippen molar-refractivity contribution in [2.45, 2.75) is 58.9 Å². The van der Waals surface area contributed by atoms with Gasteiger partial charge < -0.3 is 5.11 Å². The zero-order valence-corrected chi connectivity index (χ0v) is 14.1. The number of rotatable bonds is 5. The monoisotopic (exact) mass is 333 g/mol. The first-order valence-corrected chi connectivity index (χ1v) is 8.37. The topological polar surface area (TPSA) is 69.0 Å². The molecule has 4 nitrogen and oxygen atoms in total. The van der Waals surface area contributed by atoms with Gasteiger partial charge in [0.1, 0.15) is 0 Å². The molecule has 0 amide bonds. The molecule has 23 heavy (non-hydrogen) atoms. The second-order valence-electron chi connectivity index (χ2n) is 8.01. The van der Waals surface area contributed by atoms with E-state index in [0.29, 0.717) is 36.0 Å². The number of fused-ring (bicyclic) bond motifs is 2. The number of nitrogens with zero attached hydrogens (tertiary/aromatic N) is 3. The highest BCUT2D eigenvalue weighted by Crippen LogP contribution is 2.61. The van der Waals surface area contributed by atoms with Crippen LogP contribution in [0.4, 0.5) is 13.2 Å². The Balaban J connectivity index is 2.23. The summed E-state index contributed by atoms with van der Waals surface area (Å²) in [7, 11) is 0. The predicted molar refractivity (Wildman–Crippen MR) is 81.1 cm³/mol. The van der Waals surface area contributed by atoms with Crippen LogP contribution in [-0.4, -0.2) is 17.0 Å². The highest BCUT2D eigenvalue weighted by molar-refractivity contribution is 5.04. The molecular weight excluding hydrogens is 307 g/mol. The summed E-state index contributed by atoms with van der Waals surface area (Å²) in [6.45, 7) is 8.62. The summed E-state index contributed by atoms with van der Waals surface area (Å²) < 4.78 is 39.4. The molecule has 0 radical (unpaired) electrons. The lowest BCUT2D eigenvalue weighted by Gasteiger charge is -2.42. The van der Waals surface area contributed by atoms with Crippen molar-refractivity contribution in [3.05, 3.63) is 10.4 Å². The molecule has 0 saturated heterocycles. The number of hydrogen-bond donors (Lipinski definition) is 1. The Morgan fingerprint density at radius 3 is 2.13 bits per heavy atom. The van der Waals surface area contributed by atoms with Gasteiger partial charge in [0.25, 0.3) is 0 Å². The Hall–Kier alpha value is -0.940.